The highest BCUT2D eigenvalue weighted by atomic mass is 16.5. The van der Waals surface area contributed by atoms with Crippen LogP contribution in [0, 0.1) is 0 Å². The second kappa shape index (κ2) is 6.70. The Morgan fingerprint density at radius 2 is 1.96 bits per heavy atom. The highest BCUT2D eigenvalue weighted by Crippen LogP contribution is 2.26. The van der Waals surface area contributed by atoms with Gasteiger partial charge in [0.15, 0.2) is 0 Å². The zero-order valence-electron chi connectivity index (χ0n) is 13.7. The zero-order chi connectivity index (χ0) is 17.1. The number of nitrogens with zero attached hydrogens (tertiary/aromatic N) is 3. The monoisotopic (exact) mass is 325 g/mol. The average molecular weight is 325 g/mol. The summed E-state index contributed by atoms with van der Waals surface area (Å²) in [7, 11) is 1.56. The molecule has 0 atom stereocenters. The Balaban J connectivity index is 1.97. The quantitative estimate of drug-likeness (QED) is 0.813. The number of aromatic nitrogens is 1. The fourth-order valence-corrected chi connectivity index (χ4v) is 2.83. The van der Waals surface area contributed by atoms with Crippen LogP contribution in [-0.2, 0) is 4.79 Å². The van der Waals surface area contributed by atoms with Crippen molar-refractivity contribution in [1.29, 1.82) is 0 Å². The molecule has 1 aromatic heterocycles. The molecule has 0 aliphatic carbocycles. The summed E-state index contributed by atoms with van der Waals surface area (Å²) in [4.78, 5) is 29.4. The molecule has 1 aliphatic heterocycles. The summed E-state index contributed by atoms with van der Waals surface area (Å²) < 4.78 is 5.39. The molecule has 124 valence electrons. The van der Waals surface area contributed by atoms with Gasteiger partial charge in [-0.25, -0.2) is 15.0 Å². The fourth-order valence-electron chi connectivity index (χ4n) is 2.83. The number of fused-ring (bicyclic) bond motifs is 1. The molecule has 24 heavy (non-hydrogen) atoms. The molecule has 0 spiro atoms. The molecule has 1 saturated heterocycles. The molecule has 2 heterocycles. The van der Waals surface area contributed by atoms with E-state index in [-0.39, 0.29) is 17.5 Å². The number of para-hydroxylation sites is 1. The lowest BCUT2D eigenvalue weighted by atomic mass is 10.1. The molecule has 2 aromatic rings. The summed E-state index contributed by atoms with van der Waals surface area (Å²) in [5.41, 5.74) is 0.955. The Morgan fingerprint density at radius 3 is 2.71 bits per heavy atom. The van der Waals surface area contributed by atoms with E-state index in [1.165, 1.54) is 16.1 Å². The molecular weight excluding hydrogens is 306 g/mol. The first-order chi connectivity index (χ1) is 11.7. The normalized spacial score (nSPS) is 14.6. The molecule has 1 aromatic carbocycles. The highest BCUT2D eigenvalue weighted by molar-refractivity contribution is 5.99. The number of hydrogen-bond donors (Lipinski definition) is 0. The van der Waals surface area contributed by atoms with Crippen molar-refractivity contribution >= 4 is 22.7 Å². The number of pyridine rings is 1. The Labute approximate surface area is 140 Å². The zero-order valence-corrected chi connectivity index (χ0v) is 13.7. The number of ether oxygens (including phenoxy) is 1. The maximum atomic E-state index is 12.9. The molecule has 0 unspecified atom stereocenters. The van der Waals surface area contributed by atoms with E-state index < -0.39 is 0 Å². The second-order valence-electron chi connectivity index (χ2n) is 5.47. The summed E-state index contributed by atoms with van der Waals surface area (Å²) in [5.74, 6) is 0.0972. The summed E-state index contributed by atoms with van der Waals surface area (Å²) in [6, 6.07) is 9.11. The predicted octanol–water partition coefficient (Wildman–Crippen LogP) is 2.41. The van der Waals surface area contributed by atoms with Gasteiger partial charge in [0, 0.05) is 30.6 Å². The number of amides is 2. The van der Waals surface area contributed by atoms with Crippen molar-refractivity contribution < 1.29 is 14.3 Å². The summed E-state index contributed by atoms with van der Waals surface area (Å²) in [5, 5.41) is 3.77. The van der Waals surface area contributed by atoms with Crippen molar-refractivity contribution in [3.63, 3.8) is 0 Å². The molecule has 0 saturated carbocycles. The molecule has 0 radical (unpaired) electrons. The first-order valence-corrected chi connectivity index (χ1v) is 7.85. The van der Waals surface area contributed by atoms with Crippen molar-refractivity contribution in [2.45, 2.75) is 13.3 Å². The van der Waals surface area contributed by atoms with E-state index in [0.717, 1.165) is 11.8 Å². The van der Waals surface area contributed by atoms with Crippen molar-refractivity contribution in [2.75, 3.05) is 20.2 Å². The minimum atomic E-state index is -0.297. The van der Waals surface area contributed by atoms with Crippen molar-refractivity contribution in [2.24, 2.45) is 0 Å². The number of hydrazine groups is 1. The van der Waals surface area contributed by atoms with Gasteiger partial charge in [-0.2, -0.15) is 0 Å². The number of carbonyl (C=O) groups excluding carboxylic acids is 2. The van der Waals surface area contributed by atoms with Gasteiger partial charge < -0.3 is 4.74 Å². The van der Waals surface area contributed by atoms with Gasteiger partial charge in [0.05, 0.1) is 12.6 Å². The SMILES string of the molecule is CC=CC(=O)N1CCCN1C(=O)c1cc(OC)c2ccccc2n1. The number of rotatable bonds is 3. The van der Waals surface area contributed by atoms with E-state index in [9.17, 15) is 9.59 Å². The first-order valence-electron chi connectivity index (χ1n) is 7.85. The molecule has 1 aliphatic rings. The van der Waals surface area contributed by atoms with Crippen LogP contribution >= 0.6 is 0 Å². The van der Waals surface area contributed by atoms with Crippen LogP contribution in [0.2, 0.25) is 0 Å². The summed E-state index contributed by atoms with van der Waals surface area (Å²) in [6.45, 7) is 2.80. The smallest absolute Gasteiger partial charge is 0.291 e. The molecule has 6 nitrogen and oxygen atoms in total. The third kappa shape index (κ3) is 2.82. The Hall–Kier alpha value is -2.89. The third-order valence-corrected chi connectivity index (χ3v) is 3.95. The Morgan fingerprint density at radius 1 is 1.21 bits per heavy atom. The van der Waals surface area contributed by atoms with Crippen LogP contribution in [0.4, 0.5) is 0 Å². The minimum absolute atomic E-state index is 0.198. The summed E-state index contributed by atoms with van der Waals surface area (Å²) >= 11 is 0. The van der Waals surface area contributed by atoms with Crippen LogP contribution in [-0.4, -0.2) is 47.0 Å². The van der Waals surface area contributed by atoms with Gasteiger partial charge in [-0.15, -0.1) is 0 Å². The van der Waals surface area contributed by atoms with E-state index in [1.807, 2.05) is 24.3 Å². The van der Waals surface area contributed by atoms with Crippen LogP contribution in [0.15, 0.2) is 42.5 Å². The molecule has 2 amide bonds. The largest absolute Gasteiger partial charge is 0.496 e. The third-order valence-electron chi connectivity index (χ3n) is 3.95. The first kappa shape index (κ1) is 16.0. The van der Waals surface area contributed by atoms with Crippen LogP contribution in [0.25, 0.3) is 10.9 Å². The van der Waals surface area contributed by atoms with Crippen LogP contribution in [0.1, 0.15) is 23.8 Å². The van der Waals surface area contributed by atoms with Gasteiger partial charge in [0.2, 0.25) is 0 Å². The average Bonchev–Trinajstić information content (AvgIpc) is 3.10. The molecule has 3 rings (SSSR count). The van der Waals surface area contributed by atoms with E-state index >= 15 is 0 Å². The van der Waals surface area contributed by atoms with Crippen LogP contribution < -0.4 is 4.74 Å². The number of allylic oxidation sites excluding steroid dienone is 1. The Bertz CT molecular complexity index is 816. The molecular formula is C18H19N3O3. The lowest BCUT2D eigenvalue weighted by Gasteiger charge is -2.26. The van der Waals surface area contributed by atoms with E-state index in [0.29, 0.717) is 24.4 Å². The number of benzene rings is 1. The second-order valence-corrected chi connectivity index (χ2v) is 5.47. The van der Waals surface area contributed by atoms with Gasteiger partial charge >= 0.3 is 0 Å². The molecule has 6 heteroatoms. The minimum Gasteiger partial charge on any atom is -0.496 e. The molecule has 1 fully saturated rings. The van der Waals surface area contributed by atoms with E-state index in [4.69, 9.17) is 4.74 Å². The van der Waals surface area contributed by atoms with Gasteiger partial charge in [-0.1, -0.05) is 18.2 Å². The lowest BCUT2D eigenvalue weighted by molar-refractivity contribution is -0.135. The maximum absolute atomic E-state index is 12.9. The van der Waals surface area contributed by atoms with Gasteiger partial charge in [-0.3, -0.25) is 9.59 Å². The standard InChI is InChI=1S/C18H19N3O3/c1-3-7-17(22)20-10-6-11-21(20)18(23)15-12-16(24-2)13-8-4-5-9-14(13)19-15/h3-5,7-9,12H,6,10-11H2,1-2H3. The van der Waals surface area contributed by atoms with Crippen LogP contribution in [0.5, 0.6) is 5.75 Å². The fraction of sp³-hybridized carbons (Fsp3) is 0.278. The predicted molar refractivity (Wildman–Crippen MR) is 90.5 cm³/mol. The van der Waals surface area contributed by atoms with Gasteiger partial charge in [0.1, 0.15) is 11.4 Å². The van der Waals surface area contributed by atoms with E-state index in [1.54, 1.807) is 26.2 Å². The highest BCUT2D eigenvalue weighted by Gasteiger charge is 2.31. The van der Waals surface area contributed by atoms with Gasteiger partial charge in [0.25, 0.3) is 11.8 Å². The van der Waals surface area contributed by atoms with Gasteiger partial charge in [-0.05, 0) is 25.5 Å². The van der Waals surface area contributed by atoms with Crippen LogP contribution in [0.3, 0.4) is 0 Å². The Kier molecular flexibility index (Phi) is 4.46. The summed E-state index contributed by atoms with van der Waals surface area (Å²) in [6.07, 6.45) is 3.88. The van der Waals surface area contributed by atoms with Crippen molar-refractivity contribution in [3.8, 4) is 5.75 Å². The van der Waals surface area contributed by atoms with Crippen molar-refractivity contribution in [1.82, 2.24) is 15.0 Å². The number of carbonyl (C=O) groups is 2. The lowest BCUT2D eigenvalue weighted by Crippen LogP contribution is -2.44. The molecule has 0 bridgehead atoms. The van der Waals surface area contributed by atoms with Crippen molar-refractivity contribution in [3.05, 3.63) is 48.2 Å². The molecule has 0 N–H and O–H groups in total. The van der Waals surface area contributed by atoms with E-state index in [2.05, 4.69) is 4.98 Å². The topological polar surface area (TPSA) is 62.7 Å². The number of hydrogen-bond acceptors (Lipinski definition) is 4. The number of methoxy groups -OCH3 is 1. The maximum Gasteiger partial charge on any atom is 0.291 e.